The van der Waals surface area contributed by atoms with Crippen LogP contribution in [0.25, 0.3) is 0 Å². The minimum absolute atomic E-state index is 1.16. The maximum Gasteiger partial charge on any atom is -0.000968 e. The summed E-state index contributed by atoms with van der Waals surface area (Å²) in [5.74, 6) is 0. The van der Waals surface area contributed by atoms with Crippen molar-refractivity contribution in [1.82, 2.24) is 15.5 Å². The molecule has 1 aliphatic rings. The zero-order chi connectivity index (χ0) is 9.36. The van der Waals surface area contributed by atoms with E-state index in [2.05, 4.69) is 22.6 Å². The van der Waals surface area contributed by atoms with Crippen molar-refractivity contribution >= 4 is 0 Å². The summed E-state index contributed by atoms with van der Waals surface area (Å²) in [6, 6.07) is 0. The lowest BCUT2D eigenvalue weighted by Gasteiger charge is -2.17. The molecule has 0 bridgehead atoms. The number of hydrogen-bond acceptors (Lipinski definition) is 3. The van der Waals surface area contributed by atoms with Crippen LogP contribution in [0.1, 0.15) is 19.3 Å². The highest BCUT2D eigenvalue weighted by molar-refractivity contribution is 4.59. The zero-order valence-corrected chi connectivity index (χ0v) is 8.81. The summed E-state index contributed by atoms with van der Waals surface area (Å²) in [4.78, 5) is 2.42. The van der Waals surface area contributed by atoms with Crippen LogP contribution in [0, 0.1) is 0 Å². The van der Waals surface area contributed by atoms with E-state index in [9.17, 15) is 0 Å². The molecule has 1 heterocycles. The van der Waals surface area contributed by atoms with E-state index in [4.69, 9.17) is 0 Å². The van der Waals surface area contributed by atoms with Crippen LogP contribution in [0.15, 0.2) is 0 Å². The summed E-state index contributed by atoms with van der Waals surface area (Å²) < 4.78 is 0. The molecule has 3 heteroatoms. The fraction of sp³-hybridized carbons (Fsp3) is 1.00. The second-order valence-electron chi connectivity index (χ2n) is 3.86. The van der Waals surface area contributed by atoms with Crippen LogP contribution in [0.5, 0.6) is 0 Å². The standard InChI is InChI=1S/C10H23N3/c1-13-9-3-7-11-5-2-6-12-8-4-10-13/h11-12H,2-10H2,1H3. The Morgan fingerprint density at radius 3 is 1.77 bits per heavy atom. The molecule has 1 rings (SSSR count). The third-order valence-corrected chi connectivity index (χ3v) is 2.49. The van der Waals surface area contributed by atoms with Gasteiger partial charge in [-0.25, -0.2) is 0 Å². The van der Waals surface area contributed by atoms with Gasteiger partial charge in [-0.3, -0.25) is 0 Å². The van der Waals surface area contributed by atoms with E-state index in [1.54, 1.807) is 0 Å². The molecule has 78 valence electrons. The molecule has 0 aromatic heterocycles. The van der Waals surface area contributed by atoms with Crippen LogP contribution >= 0.6 is 0 Å². The van der Waals surface area contributed by atoms with E-state index in [0.29, 0.717) is 0 Å². The first-order valence-corrected chi connectivity index (χ1v) is 5.49. The SMILES string of the molecule is CN1CCCNCCCNCCC1. The lowest BCUT2D eigenvalue weighted by atomic mass is 10.3. The van der Waals surface area contributed by atoms with Crippen molar-refractivity contribution in [3.05, 3.63) is 0 Å². The summed E-state index contributed by atoms with van der Waals surface area (Å²) in [5, 5.41) is 6.91. The second kappa shape index (κ2) is 7.30. The van der Waals surface area contributed by atoms with Gasteiger partial charge in [0.1, 0.15) is 0 Å². The monoisotopic (exact) mass is 185 g/mol. The molecule has 0 aromatic rings. The Balaban J connectivity index is 2.11. The van der Waals surface area contributed by atoms with Crippen LogP contribution in [-0.2, 0) is 0 Å². The summed E-state index contributed by atoms with van der Waals surface area (Å²) >= 11 is 0. The van der Waals surface area contributed by atoms with E-state index >= 15 is 0 Å². The minimum atomic E-state index is 1.16. The lowest BCUT2D eigenvalue weighted by molar-refractivity contribution is 0.317. The van der Waals surface area contributed by atoms with E-state index in [-0.39, 0.29) is 0 Å². The molecule has 1 aliphatic heterocycles. The molecule has 0 unspecified atom stereocenters. The van der Waals surface area contributed by atoms with Gasteiger partial charge in [-0.2, -0.15) is 0 Å². The molecule has 0 spiro atoms. The molecule has 13 heavy (non-hydrogen) atoms. The minimum Gasteiger partial charge on any atom is -0.317 e. The average Bonchev–Trinajstić information content (AvgIpc) is 2.11. The third-order valence-electron chi connectivity index (χ3n) is 2.49. The van der Waals surface area contributed by atoms with Crippen molar-refractivity contribution in [2.24, 2.45) is 0 Å². The van der Waals surface area contributed by atoms with Crippen molar-refractivity contribution in [2.75, 3.05) is 46.3 Å². The van der Waals surface area contributed by atoms with Gasteiger partial charge in [0.25, 0.3) is 0 Å². The first-order chi connectivity index (χ1) is 6.39. The topological polar surface area (TPSA) is 27.3 Å². The average molecular weight is 185 g/mol. The molecule has 0 radical (unpaired) electrons. The van der Waals surface area contributed by atoms with Crippen LogP contribution < -0.4 is 10.6 Å². The highest BCUT2D eigenvalue weighted by atomic mass is 15.1. The van der Waals surface area contributed by atoms with E-state index < -0.39 is 0 Å². The maximum atomic E-state index is 3.46. The highest BCUT2D eigenvalue weighted by Gasteiger charge is 1.99. The Bertz CT molecular complexity index is 105. The van der Waals surface area contributed by atoms with Gasteiger partial charge in [-0.15, -0.1) is 0 Å². The van der Waals surface area contributed by atoms with Gasteiger partial charge in [-0.05, 0) is 65.6 Å². The molecule has 2 N–H and O–H groups in total. The van der Waals surface area contributed by atoms with Crippen molar-refractivity contribution in [3.8, 4) is 0 Å². The van der Waals surface area contributed by atoms with Crippen LogP contribution in [0.2, 0.25) is 0 Å². The van der Waals surface area contributed by atoms with Gasteiger partial charge >= 0.3 is 0 Å². The predicted octanol–water partition coefficient (Wildman–Crippen LogP) is 0.281. The van der Waals surface area contributed by atoms with Crippen LogP contribution in [0.3, 0.4) is 0 Å². The Labute approximate surface area is 81.9 Å². The molecule has 1 fully saturated rings. The van der Waals surface area contributed by atoms with Gasteiger partial charge in [-0.1, -0.05) is 0 Å². The van der Waals surface area contributed by atoms with E-state index in [1.165, 1.54) is 45.4 Å². The summed E-state index contributed by atoms with van der Waals surface area (Å²) in [5.41, 5.74) is 0. The van der Waals surface area contributed by atoms with Gasteiger partial charge in [0.2, 0.25) is 0 Å². The molecule has 1 saturated heterocycles. The number of nitrogens with one attached hydrogen (secondary N) is 2. The highest BCUT2D eigenvalue weighted by Crippen LogP contribution is 1.90. The quantitative estimate of drug-likeness (QED) is 0.568. The molecular formula is C10H23N3. The second-order valence-corrected chi connectivity index (χ2v) is 3.86. The number of hydrogen-bond donors (Lipinski definition) is 2. The van der Waals surface area contributed by atoms with Crippen molar-refractivity contribution < 1.29 is 0 Å². The Morgan fingerprint density at radius 2 is 1.23 bits per heavy atom. The smallest absolute Gasteiger partial charge is 0.000968 e. The number of nitrogens with zero attached hydrogens (tertiary/aromatic N) is 1. The Kier molecular flexibility index (Phi) is 6.15. The van der Waals surface area contributed by atoms with Crippen molar-refractivity contribution in [2.45, 2.75) is 19.3 Å². The molecule has 0 amide bonds. The lowest BCUT2D eigenvalue weighted by Crippen LogP contribution is -2.30. The Morgan fingerprint density at radius 1 is 0.769 bits per heavy atom. The molecule has 0 aromatic carbocycles. The van der Waals surface area contributed by atoms with Gasteiger partial charge < -0.3 is 15.5 Å². The number of rotatable bonds is 0. The van der Waals surface area contributed by atoms with Gasteiger partial charge in [0, 0.05) is 0 Å². The van der Waals surface area contributed by atoms with E-state index in [1.807, 2.05) is 0 Å². The maximum absolute atomic E-state index is 3.46. The normalized spacial score (nSPS) is 24.7. The van der Waals surface area contributed by atoms with Crippen molar-refractivity contribution in [3.63, 3.8) is 0 Å². The molecule has 0 saturated carbocycles. The third kappa shape index (κ3) is 6.02. The van der Waals surface area contributed by atoms with Gasteiger partial charge in [0.15, 0.2) is 0 Å². The van der Waals surface area contributed by atoms with E-state index in [0.717, 1.165) is 13.1 Å². The summed E-state index contributed by atoms with van der Waals surface area (Å²) in [6.45, 7) is 7.13. The Hall–Kier alpha value is -0.120. The summed E-state index contributed by atoms with van der Waals surface area (Å²) in [6.07, 6.45) is 3.82. The summed E-state index contributed by atoms with van der Waals surface area (Å²) in [7, 11) is 2.21. The van der Waals surface area contributed by atoms with Crippen LogP contribution in [0.4, 0.5) is 0 Å². The predicted molar refractivity (Wildman–Crippen MR) is 57.1 cm³/mol. The molecule has 0 aliphatic carbocycles. The molecule has 3 nitrogen and oxygen atoms in total. The largest absolute Gasteiger partial charge is 0.317 e. The fourth-order valence-corrected chi connectivity index (χ4v) is 1.65. The first kappa shape index (κ1) is 11.0. The first-order valence-electron chi connectivity index (χ1n) is 5.49. The van der Waals surface area contributed by atoms with Crippen molar-refractivity contribution in [1.29, 1.82) is 0 Å². The molecular weight excluding hydrogens is 162 g/mol. The fourth-order valence-electron chi connectivity index (χ4n) is 1.65. The van der Waals surface area contributed by atoms with Crippen LogP contribution in [-0.4, -0.2) is 51.2 Å². The zero-order valence-electron chi connectivity index (χ0n) is 8.81. The van der Waals surface area contributed by atoms with Gasteiger partial charge in [0.05, 0.1) is 0 Å². The molecule has 0 atom stereocenters.